The van der Waals surface area contributed by atoms with Gasteiger partial charge in [0, 0.05) is 15.8 Å². The highest BCUT2D eigenvalue weighted by molar-refractivity contribution is 7.99. The maximum Gasteiger partial charge on any atom is 0.250 e. The van der Waals surface area contributed by atoms with Crippen molar-refractivity contribution in [2.45, 2.75) is 5.75 Å². The molecule has 4 nitrogen and oxygen atoms in total. The molecular formula is C22H18Cl2N2O2S. The maximum absolute atomic E-state index is 11.9. The lowest BCUT2D eigenvalue weighted by Gasteiger charge is -2.06. The van der Waals surface area contributed by atoms with Crippen molar-refractivity contribution in [2.75, 3.05) is 5.75 Å². The minimum atomic E-state index is -0.196. The highest BCUT2D eigenvalue weighted by Gasteiger charge is 2.07. The number of nitrogens with zero attached hydrogens (tertiary/aromatic N) is 1. The summed E-state index contributed by atoms with van der Waals surface area (Å²) in [4.78, 5) is 11.9. The van der Waals surface area contributed by atoms with Gasteiger partial charge in [0.05, 0.1) is 12.0 Å². The van der Waals surface area contributed by atoms with Crippen molar-refractivity contribution in [2.24, 2.45) is 5.10 Å². The first-order valence-electron chi connectivity index (χ1n) is 8.77. The van der Waals surface area contributed by atoms with Gasteiger partial charge in [0.25, 0.3) is 0 Å². The number of hydrazone groups is 1. The third kappa shape index (κ3) is 6.82. The summed E-state index contributed by atoms with van der Waals surface area (Å²) in [5.41, 5.74) is 4.19. The number of hydrogen-bond acceptors (Lipinski definition) is 4. The van der Waals surface area contributed by atoms with Gasteiger partial charge in [-0.1, -0.05) is 47.5 Å². The first-order chi connectivity index (χ1) is 14.1. The van der Waals surface area contributed by atoms with E-state index in [0.29, 0.717) is 15.8 Å². The van der Waals surface area contributed by atoms with Gasteiger partial charge in [0.2, 0.25) is 5.91 Å². The molecule has 0 aromatic heterocycles. The standard InChI is InChI=1S/C22H18Cl2N2O2S/c23-20-7-4-8-21(24)19(20)14-29-15-22(27)26-25-13-16-9-11-18(12-10-16)28-17-5-2-1-3-6-17/h1-13H,14-15H2,(H,26,27)/b25-13-. The number of amides is 1. The number of carbonyl (C=O) groups excluding carboxylic acids is 1. The Bertz CT molecular complexity index is 960. The molecule has 0 saturated carbocycles. The Hall–Kier alpha value is -2.47. The van der Waals surface area contributed by atoms with Crippen LogP contribution >= 0.6 is 35.0 Å². The summed E-state index contributed by atoms with van der Waals surface area (Å²) in [6.07, 6.45) is 1.58. The van der Waals surface area contributed by atoms with Crippen LogP contribution in [0.25, 0.3) is 0 Å². The fourth-order valence-electron chi connectivity index (χ4n) is 2.37. The minimum absolute atomic E-state index is 0.196. The third-order valence-electron chi connectivity index (χ3n) is 3.80. The number of benzene rings is 3. The van der Waals surface area contributed by atoms with Gasteiger partial charge in [0.1, 0.15) is 11.5 Å². The van der Waals surface area contributed by atoms with Crippen LogP contribution in [0.5, 0.6) is 11.5 Å². The Kier molecular flexibility index (Phi) is 7.99. The van der Waals surface area contributed by atoms with Gasteiger partial charge < -0.3 is 4.74 Å². The van der Waals surface area contributed by atoms with Gasteiger partial charge in [-0.15, -0.1) is 11.8 Å². The summed E-state index contributed by atoms with van der Waals surface area (Å²) in [6.45, 7) is 0. The minimum Gasteiger partial charge on any atom is -0.457 e. The smallest absolute Gasteiger partial charge is 0.250 e. The van der Waals surface area contributed by atoms with E-state index in [1.54, 1.807) is 24.4 Å². The Morgan fingerprint density at radius 1 is 0.931 bits per heavy atom. The lowest BCUT2D eigenvalue weighted by Crippen LogP contribution is -2.19. The zero-order valence-corrected chi connectivity index (χ0v) is 17.7. The van der Waals surface area contributed by atoms with Crippen LogP contribution in [0.3, 0.4) is 0 Å². The average molecular weight is 445 g/mol. The molecule has 0 fully saturated rings. The molecule has 0 bridgehead atoms. The summed E-state index contributed by atoms with van der Waals surface area (Å²) in [5.74, 6) is 2.11. The van der Waals surface area contributed by atoms with E-state index in [9.17, 15) is 4.79 Å². The lowest BCUT2D eigenvalue weighted by molar-refractivity contribution is -0.118. The van der Waals surface area contributed by atoms with Gasteiger partial charge in [-0.2, -0.15) is 5.10 Å². The molecule has 0 radical (unpaired) electrons. The normalized spacial score (nSPS) is 10.8. The Balaban J connectivity index is 1.42. The number of hydrogen-bond donors (Lipinski definition) is 1. The summed E-state index contributed by atoms with van der Waals surface area (Å²) in [5, 5.41) is 5.19. The number of rotatable bonds is 8. The molecule has 0 aliphatic heterocycles. The number of ether oxygens (including phenoxy) is 1. The molecule has 0 atom stereocenters. The van der Waals surface area contributed by atoms with Crippen molar-refractivity contribution in [3.63, 3.8) is 0 Å². The Morgan fingerprint density at radius 3 is 2.28 bits per heavy atom. The monoisotopic (exact) mass is 444 g/mol. The molecule has 3 rings (SSSR count). The zero-order chi connectivity index (χ0) is 20.5. The van der Waals surface area contributed by atoms with Gasteiger partial charge >= 0.3 is 0 Å². The molecule has 3 aromatic carbocycles. The van der Waals surface area contributed by atoms with E-state index < -0.39 is 0 Å². The number of carbonyl (C=O) groups is 1. The van der Waals surface area contributed by atoms with Crippen LogP contribution in [0.2, 0.25) is 10.0 Å². The van der Waals surface area contributed by atoms with E-state index in [2.05, 4.69) is 10.5 Å². The molecule has 29 heavy (non-hydrogen) atoms. The second-order valence-electron chi connectivity index (χ2n) is 5.97. The molecular weight excluding hydrogens is 427 g/mol. The average Bonchev–Trinajstić information content (AvgIpc) is 2.72. The van der Waals surface area contributed by atoms with Crippen LogP contribution in [0.1, 0.15) is 11.1 Å². The summed E-state index contributed by atoms with van der Waals surface area (Å²) < 4.78 is 5.74. The van der Waals surface area contributed by atoms with Gasteiger partial charge in [-0.3, -0.25) is 4.79 Å². The highest BCUT2D eigenvalue weighted by atomic mass is 35.5. The second-order valence-corrected chi connectivity index (χ2v) is 7.77. The molecule has 148 valence electrons. The molecule has 0 spiro atoms. The molecule has 0 unspecified atom stereocenters. The summed E-state index contributed by atoms with van der Waals surface area (Å²) in [6, 6.07) is 22.3. The van der Waals surface area contributed by atoms with E-state index in [1.807, 2.05) is 54.6 Å². The SMILES string of the molecule is O=C(CSCc1c(Cl)cccc1Cl)N/N=C\c1ccc(Oc2ccccc2)cc1. The molecule has 7 heteroatoms. The Labute approximate surface area is 183 Å². The quantitative estimate of drug-likeness (QED) is 0.333. The van der Waals surface area contributed by atoms with Crippen molar-refractivity contribution in [1.29, 1.82) is 0 Å². The van der Waals surface area contributed by atoms with Crippen LogP contribution in [-0.2, 0) is 10.5 Å². The predicted molar refractivity (Wildman–Crippen MR) is 121 cm³/mol. The van der Waals surface area contributed by atoms with E-state index in [0.717, 1.165) is 22.6 Å². The zero-order valence-electron chi connectivity index (χ0n) is 15.3. The molecule has 0 saturated heterocycles. The number of thioether (sulfide) groups is 1. The van der Waals surface area contributed by atoms with Crippen molar-refractivity contribution >= 4 is 47.1 Å². The second kappa shape index (κ2) is 10.9. The molecule has 1 amide bonds. The topological polar surface area (TPSA) is 50.7 Å². The largest absolute Gasteiger partial charge is 0.457 e. The maximum atomic E-state index is 11.9. The van der Waals surface area contributed by atoms with Crippen molar-refractivity contribution < 1.29 is 9.53 Å². The van der Waals surface area contributed by atoms with Crippen LogP contribution < -0.4 is 10.2 Å². The Morgan fingerprint density at radius 2 is 1.59 bits per heavy atom. The number of para-hydroxylation sites is 1. The molecule has 0 heterocycles. The van der Waals surface area contributed by atoms with Crippen molar-refractivity contribution in [3.05, 3.63) is 94.0 Å². The van der Waals surface area contributed by atoms with E-state index >= 15 is 0 Å². The van der Waals surface area contributed by atoms with Crippen molar-refractivity contribution in [1.82, 2.24) is 5.43 Å². The number of nitrogens with one attached hydrogen (secondary N) is 1. The van der Waals surface area contributed by atoms with E-state index in [-0.39, 0.29) is 11.7 Å². The molecule has 3 aromatic rings. The van der Waals surface area contributed by atoms with Gasteiger partial charge in [-0.25, -0.2) is 5.43 Å². The first-order valence-corrected chi connectivity index (χ1v) is 10.7. The highest BCUT2D eigenvalue weighted by Crippen LogP contribution is 2.28. The summed E-state index contributed by atoms with van der Waals surface area (Å²) in [7, 11) is 0. The fourth-order valence-corrected chi connectivity index (χ4v) is 3.93. The van der Waals surface area contributed by atoms with Gasteiger partial charge in [0.15, 0.2) is 0 Å². The van der Waals surface area contributed by atoms with Crippen LogP contribution in [0.4, 0.5) is 0 Å². The van der Waals surface area contributed by atoms with E-state index in [4.69, 9.17) is 27.9 Å². The predicted octanol–water partition coefficient (Wildman–Crippen LogP) is 6.17. The molecule has 0 aliphatic carbocycles. The van der Waals surface area contributed by atoms with Crippen LogP contribution in [0.15, 0.2) is 77.9 Å². The first kappa shape index (κ1) is 21.2. The molecule has 1 N–H and O–H groups in total. The lowest BCUT2D eigenvalue weighted by atomic mass is 10.2. The number of halogens is 2. The fraction of sp³-hybridized carbons (Fsp3) is 0.0909. The molecule has 0 aliphatic rings. The van der Waals surface area contributed by atoms with Crippen molar-refractivity contribution in [3.8, 4) is 11.5 Å². The van der Waals surface area contributed by atoms with Gasteiger partial charge in [-0.05, 0) is 59.7 Å². The van der Waals surface area contributed by atoms with E-state index in [1.165, 1.54) is 11.8 Å². The van der Waals surface area contributed by atoms with Crippen LogP contribution in [-0.4, -0.2) is 17.9 Å². The third-order valence-corrected chi connectivity index (χ3v) is 5.47. The van der Waals surface area contributed by atoms with Crippen LogP contribution in [0, 0.1) is 0 Å². The summed E-state index contributed by atoms with van der Waals surface area (Å²) >= 11 is 13.7.